The van der Waals surface area contributed by atoms with Crippen molar-refractivity contribution < 1.29 is 14.4 Å². The average molecular weight is 459 g/mol. The van der Waals surface area contributed by atoms with E-state index in [2.05, 4.69) is 17.9 Å². The van der Waals surface area contributed by atoms with Crippen LogP contribution in [0.1, 0.15) is 36.2 Å². The molecule has 2 rings (SSSR count). The van der Waals surface area contributed by atoms with Gasteiger partial charge in [-0.2, -0.15) is 0 Å². The van der Waals surface area contributed by atoms with Gasteiger partial charge in [-0.15, -0.1) is 12.6 Å². The lowest BCUT2D eigenvalue weighted by Gasteiger charge is -2.26. The molecule has 0 saturated heterocycles. The maximum absolute atomic E-state index is 12.8. The van der Waals surface area contributed by atoms with Gasteiger partial charge in [-0.25, -0.2) is 0 Å². The third kappa shape index (κ3) is 7.74. The fourth-order valence-electron chi connectivity index (χ4n) is 2.85. The van der Waals surface area contributed by atoms with Crippen molar-refractivity contribution in [2.75, 3.05) is 24.7 Å². The first-order chi connectivity index (χ1) is 14.6. The number of nitrogens with zero attached hydrogens (tertiary/aromatic N) is 1. The van der Waals surface area contributed by atoms with Crippen LogP contribution in [0.25, 0.3) is 0 Å². The highest BCUT2D eigenvalue weighted by molar-refractivity contribution is 8.14. The lowest BCUT2D eigenvalue weighted by Crippen LogP contribution is -2.46. The molecule has 0 unspecified atom stereocenters. The van der Waals surface area contributed by atoms with Crippen molar-refractivity contribution in [3.8, 4) is 0 Å². The van der Waals surface area contributed by atoms with E-state index in [-0.39, 0.29) is 16.1 Å². The summed E-state index contributed by atoms with van der Waals surface area (Å²) in [5.74, 6) is 0.0442. The fraction of sp³-hybridized carbons (Fsp3) is 0.375. The van der Waals surface area contributed by atoms with Crippen molar-refractivity contribution in [1.29, 1.82) is 0 Å². The van der Waals surface area contributed by atoms with E-state index in [9.17, 15) is 14.4 Å². The first-order valence-electron chi connectivity index (χ1n) is 10.1. The molecule has 0 fully saturated rings. The second kappa shape index (κ2) is 11.4. The summed E-state index contributed by atoms with van der Waals surface area (Å²) < 4.78 is 0. The van der Waals surface area contributed by atoms with Gasteiger partial charge in [0.2, 0.25) is 16.1 Å². The van der Waals surface area contributed by atoms with Crippen molar-refractivity contribution in [2.24, 2.45) is 5.41 Å². The number of thioether (sulfide) groups is 1. The summed E-state index contributed by atoms with van der Waals surface area (Å²) in [5.41, 5.74) is 1.97. The Morgan fingerprint density at radius 1 is 1.03 bits per heavy atom. The molecule has 0 heterocycles. The zero-order valence-corrected chi connectivity index (χ0v) is 20.1. The van der Waals surface area contributed by atoms with E-state index in [0.29, 0.717) is 24.2 Å². The topological polar surface area (TPSA) is 66.5 Å². The summed E-state index contributed by atoms with van der Waals surface area (Å²) in [6.45, 7) is 3.54. The molecule has 2 aromatic carbocycles. The number of amides is 1. The largest absolute Gasteiger partial charge is 0.378 e. The maximum Gasteiger partial charge on any atom is 0.227 e. The van der Waals surface area contributed by atoms with E-state index in [1.807, 2.05) is 61.5 Å². The molecule has 1 atom stereocenters. The lowest BCUT2D eigenvalue weighted by atomic mass is 9.94. The standard InChI is InChI=1S/C24H30N2O3S2/c1-24(2,16-31-22(28)18-8-6-5-7-9-18)23(29)25-20(21(27)30)15-12-17-10-13-19(14-11-17)26(3)4/h5-11,13-14,20H,12,15-16H2,1-4H3,(H,25,29)(H,27,30)/t20-/m1/s1. The van der Waals surface area contributed by atoms with Crippen LogP contribution in [0, 0.1) is 5.41 Å². The molecule has 1 N–H and O–H groups in total. The summed E-state index contributed by atoms with van der Waals surface area (Å²) in [6.07, 6.45) is 1.11. The minimum Gasteiger partial charge on any atom is -0.378 e. The van der Waals surface area contributed by atoms with Crippen molar-refractivity contribution in [3.63, 3.8) is 0 Å². The molecule has 2 aromatic rings. The highest BCUT2D eigenvalue weighted by atomic mass is 32.2. The summed E-state index contributed by atoms with van der Waals surface area (Å²) in [7, 11) is 3.96. The van der Waals surface area contributed by atoms with Crippen molar-refractivity contribution >= 4 is 46.2 Å². The van der Waals surface area contributed by atoms with E-state index in [1.165, 1.54) is 0 Å². The van der Waals surface area contributed by atoms with Gasteiger partial charge in [-0.1, -0.05) is 68.1 Å². The molecule has 166 valence electrons. The maximum atomic E-state index is 12.8. The highest BCUT2D eigenvalue weighted by Crippen LogP contribution is 2.25. The number of hydrogen-bond donors (Lipinski definition) is 2. The molecule has 5 nitrogen and oxygen atoms in total. The van der Waals surface area contributed by atoms with Gasteiger partial charge in [0.1, 0.15) is 0 Å². The molecule has 0 aliphatic heterocycles. The average Bonchev–Trinajstić information content (AvgIpc) is 2.75. The Morgan fingerprint density at radius 3 is 2.19 bits per heavy atom. The van der Waals surface area contributed by atoms with Gasteiger partial charge < -0.3 is 10.2 Å². The molecular formula is C24H30N2O3S2. The van der Waals surface area contributed by atoms with Crippen LogP contribution < -0.4 is 10.2 Å². The third-order valence-corrected chi connectivity index (χ3v) is 6.64. The van der Waals surface area contributed by atoms with E-state index in [0.717, 1.165) is 23.0 Å². The summed E-state index contributed by atoms with van der Waals surface area (Å²) in [6, 6.07) is 16.4. The van der Waals surface area contributed by atoms with Crippen molar-refractivity contribution in [3.05, 3.63) is 65.7 Å². The molecule has 7 heteroatoms. The SMILES string of the molecule is CN(C)c1ccc(CC[C@@H](NC(=O)C(C)(C)CSC(=O)c2ccccc2)C(=O)S)cc1. The van der Waals surface area contributed by atoms with Crippen LogP contribution in [0.4, 0.5) is 5.69 Å². The van der Waals surface area contributed by atoms with Gasteiger partial charge in [0.15, 0.2) is 0 Å². The third-order valence-electron chi connectivity index (χ3n) is 4.97. The number of rotatable bonds is 10. The molecule has 31 heavy (non-hydrogen) atoms. The number of carbonyl (C=O) groups excluding carboxylic acids is 3. The number of aryl methyl sites for hydroxylation is 1. The molecule has 0 aliphatic rings. The van der Waals surface area contributed by atoms with Crippen molar-refractivity contribution in [1.82, 2.24) is 5.32 Å². The Morgan fingerprint density at radius 2 is 1.65 bits per heavy atom. The van der Waals surface area contributed by atoms with Crippen LogP contribution in [-0.2, 0) is 16.0 Å². The molecule has 0 aliphatic carbocycles. The first kappa shape index (κ1) is 25.0. The Kier molecular flexibility index (Phi) is 9.19. The molecule has 0 aromatic heterocycles. The monoisotopic (exact) mass is 458 g/mol. The van der Waals surface area contributed by atoms with Gasteiger partial charge >= 0.3 is 0 Å². The van der Waals surface area contributed by atoms with Crippen LogP contribution in [0.2, 0.25) is 0 Å². The number of carbonyl (C=O) groups is 3. The number of benzene rings is 2. The number of thiol groups is 1. The van der Waals surface area contributed by atoms with Crippen LogP contribution in [-0.4, -0.2) is 42.0 Å². The van der Waals surface area contributed by atoms with Crippen molar-refractivity contribution in [2.45, 2.75) is 32.7 Å². The zero-order valence-electron chi connectivity index (χ0n) is 18.4. The Labute approximate surface area is 194 Å². The van der Waals surface area contributed by atoms with Gasteiger partial charge in [0, 0.05) is 31.1 Å². The second-order valence-electron chi connectivity index (χ2n) is 8.29. The zero-order chi connectivity index (χ0) is 23.0. The van der Waals surface area contributed by atoms with Gasteiger partial charge in [-0.05, 0) is 30.5 Å². The molecule has 0 bridgehead atoms. The quantitative estimate of drug-likeness (QED) is 0.522. The van der Waals surface area contributed by atoms with Crippen LogP contribution in [0.15, 0.2) is 54.6 Å². The molecule has 0 saturated carbocycles. The minimum atomic E-state index is -0.816. The van der Waals surface area contributed by atoms with Gasteiger partial charge in [-0.3, -0.25) is 14.4 Å². The number of hydrogen-bond acceptors (Lipinski definition) is 5. The van der Waals surface area contributed by atoms with Gasteiger partial charge in [0.25, 0.3) is 0 Å². The number of anilines is 1. The molecule has 0 spiro atoms. The predicted molar refractivity (Wildman–Crippen MR) is 132 cm³/mol. The summed E-state index contributed by atoms with van der Waals surface area (Å²) in [4.78, 5) is 39.2. The smallest absolute Gasteiger partial charge is 0.227 e. The Bertz CT molecular complexity index is 897. The summed E-state index contributed by atoms with van der Waals surface area (Å²) >= 11 is 5.07. The fourth-order valence-corrected chi connectivity index (χ4v) is 3.97. The summed E-state index contributed by atoms with van der Waals surface area (Å²) in [5, 5.41) is 2.37. The van der Waals surface area contributed by atoms with Gasteiger partial charge in [0.05, 0.1) is 11.5 Å². The predicted octanol–water partition coefficient (Wildman–Crippen LogP) is 4.23. The van der Waals surface area contributed by atoms with Crippen LogP contribution in [0.5, 0.6) is 0 Å². The van der Waals surface area contributed by atoms with E-state index < -0.39 is 11.5 Å². The molecular weight excluding hydrogens is 428 g/mol. The molecule has 0 radical (unpaired) electrons. The van der Waals surface area contributed by atoms with Crippen LogP contribution in [0.3, 0.4) is 0 Å². The lowest BCUT2D eigenvalue weighted by molar-refractivity contribution is -0.130. The Balaban J connectivity index is 1.92. The first-order valence-corrected chi connectivity index (χ1v) is 11.6. The minimum absolute atomic E-state index is 0.0792. The highest BCUT2D eigenvalue weighted by Gasteiger charge is 2.31. The molecule has 1 amide bonds. The van der Waals surface area contributed by atoms with E-state index >= 15 is 0 Å². The normalized spacial score (nSPS) is 12.2. The Hall–Kier alpha value is -2.25. The second-order valence-corrected chi connectivity index (χ2v) is 9.68. The number of nitrogens with one attached hydrogen (secondary N) is 1. The van der Waals surface area contributed by atoms with E-state index in [4.69, 9.17) is 0 Å². The van der Waals surface area contributed by atoms with Crippen LogP contribution >= 0.6 is 24.4 Å². The van der Waals surface area contributed by atoms with E-state index in [1.54, 1.807) is 26.0 Å².